The standard InChI is InChI=1S/C16H19F3N4O2/c17-16(18,19)12-6-3-10(14-22-23-15(24)25-14)7-13(12)21-8-9-1-4-11(20)5-2-9/h3,6-7,9,11,21H,1-2,4-5,8,20H2,(H,23,24)/t9-,11-. The van der Waals surface area contributed by atoms with E-state index in [0.29, 0.717) is 12.1 Å². The molecule has 2 aromatic rings. The number of hydrogen-bond acceptors (Lipinski definition) is 5. The summed E-state index contributed by atoms with van der Waals surface area (Å²) in [7, 11) is 0. The first-order chi connectivity index (χ1) is 11.8. The van der Waals surface area contributed by atoms with Crippen LogP contribution in [0.4, 0.5) is 18.9 Å². The smallest absolute Gasteiger partial charge is 0.388 e. The molecule has 9 heteroatoms. The van der Waals surface area contributed by atoms with E-state index in [2.05, 4.69) is 15.5 Å². The van der Waals surface area contributed by atoms with Gasteiger partial charge in [0.05, 0.1) is 5.56 Å². The Morgan fingerprint density at radius 2 is 2.00 bits per heavy atom. The van der Waals surface area contributed by atoms with E-state index in [1.165, 1.54) is 12.1 Å². The average molecular weight is 356 g/mol. The largest absolute Gasteiger partial charge is 0.434 e. The minimum atomic E-state index is -4.48. The molecule has 1 heterocycles. The summed E-state index contributed by atoms with van der Waals surface area (Å²) in [6.07, 6.45) is -0.928. The third kappa shape index (κ3) is 4.22. The maximum absolute atomic E-state index is 13.3. The third-order valence-corrected chi connectivity index (χ3v) is 4.48. The summed E-state index contributed by atoms with van der Waals surface area (Å²) in [4.78, 5) is 11.0. The molecule has 0 radical (unpaired) electrons. The van der Waals surface area contributed by atoms with Gasteiger partial charge in [-0.1, -0.05) is 0 Å². The molecule has 25 heavy (non-hydrogen) atoms. The van der Waals surface area contributed by atoms with Crippen LogP contribution in [0.1, 0.15) is 31.2 Å². The second kappa shape index (κ2) is 6.91. The van der Waals surface area contributed by atoms with Gasteiger partial charge in [-0.25, -0.2) is 9.89 Å². The predicted molar refractivity (Wildman–Crippen MR) is 86.0 cm³/mol. The van der Waals surface area contributed by atoms with Crippen LogP contribution in [-0.2, 0) is 6.18 Å². The summed E-state index contributed by atoms with van der Waals surface area (Å²) in [6.45, 7) is 0.434. The van der Waals surface area contributed by atoms with Gasteiger partial charge in [0.1, 0.15) is 0 Å². The van der Waals surface area contributed by atoms with Crippen LogP contribution in [0.5, 0.6) is 0 Å². The van der Waals surface area contributed by atoms with Crippen molar-refractivity contribution in [1.82, 2.24) is 10.2 Å². The Kier molecular flexibility index (Phi) is 4.85. The molecule has 0 amide bonds. The molecule has 1 aliphatic rings. The van der Waals surface area contributed by atoms with E-state index in [4.69, 9.17) is 10.2 Å². The number of aromatic nitrogens is 2. The fourth-order valence-corrected chi connectivity index (χ4v) is 3.07. The van der Waals surface area contributed by atoms with E-state index < -0.39 is 17.5 Å². The normalized spacial score (nSPS) is 21.3. The van der Waals surface area contributed by atoms with Gasteiger partial charge in [0.2, 0.25) is 5.89 Å². The van der Waals surface area contributed by atoms with Crippen LogP contribution in [0.2, 0.25) is 0 Å². The first kappa shape index (κ1) is 17.5. The SMILES string of the molecule is N[C@H]1CC[C@H](CNc2cc(-c3n[nH]c(=O)o3)ccc2C(F)(F)F)CC1. The van der Waals surface area contributed by atoms with Gasteiger partial charge in [0.15, 0.2) is 0 Å². The Labute approximate surface area is 141 Å². The number of nitrogens with two attached hydrogens (primary N) is 1. The van der Waals surface area contributed by atoms with Crippen molar-refractivity contribution in [3.63, 3.8) is 0 Å². The van der Waals surface area contributed by atoms with E-state index in [-0.39, 0.29) is 23.5 Å². The fraction of sp³-hybridized carbons (Fsp3) is 0.500. The minimum Gasteiger partial charge on any atom is -0.388 e. The zero-order valence-electron chi connectivity index (χ0n) is 13.4. The van der Waals surface area contributed by atoms with E-state index in [1.807, 2.05) is 0 Å². The molecule has 0 atom stereocenters. The average Bonchev–Trinajstić information content (AvgIpc) is 3.00. The highest BCUT2D eigenvalue weighted by Gasteiger charge is 2.34. The molecule has 0 unspecified atom stereocenters. The molecule has 1 fully saturated rings. The van der Waals surface area contributed by atoms with Gasteiger partial charge in [-0.15, -0.1) is 5.10 Å². The Balaban J connectivity index is 1.82. The highest BCUT2D eigenvalue weighted by atomic mass is 19.4. The molecule has 0 saturated heterocycles. The third-order valence-electron chi connectivity index (χ3n) is 4.48. The first-order valence-corrected chi connectivity index (χ1v) is 8.09. The maximum Gasteiger partial charge on any atom is 0.434 e. The molecule has 1 saturated carbocycles. The number of halogens is 3. The molecule has 136 valence electrons. The molecule has 0 spiro atoms. The molecule has 1 aliphatic carbocycles. The van der Waals surface area contributed by atoms with Crippen molar-refractivity contribution < 1.29 is 17.6 Å². The van der Waals surface area contributed by atoms with E-state index in [0.717, 1.165) is 31.7 Å². The van der Waals surface area contributed by atoms with Crippen LogP contribution < -0.4 is 16.8 Å². The van der Waals surface area contributed by atoms with Crippen LogP contribution in [0.3, 0.4) is 0 Å². The molecule has 3 rings (SSSR count). The number of benzene rings is 1. The van der Waals surface area contributed by atoms with Gasteiger partial charge in [-0.05, 0) is 49.8 Å². The van der Waals surface area contributed by atoms with Gasteiger partial charge < -0.3 is 15.5 Å². The Morgan fingerprint density at radius 3 is 2.60 bits per heavy atom. The number of aromatic amines is 1. The van der Waals surface area contributed by atoms with Crippen molar-refractivity contribution in [3.05, 3.63) is 34.3 Å². The molecular weight excluding hydrogens is 337 g/mol. The summed E-state index contributed by atoms with van der Waals surface area (Å²) in [5, 5.41) is 8.65. The molecule has 6 nitrogen and oxygen atoms in total. The van der Waals surface area contributed by atoms with Gasteiger partial charge in [0.25, 0.3) is 0 Å². The molecule has 1 aromatic heterocycles. The Hall–Kier alpha value is -2.29. The zero-order chi connectivity index (χ0) is 18.0. The lowest BCUT2D eigenvalue weighted by atomic mass is 9.86. The van der Waals surface area contributed by atoms with Crippen molar-refractivity contribution in [3.8, 4) is 11.5 Å². The van der Waals surface area contributed by atoms with Crippen LogP contribution in [0, 0.1) is 5.92 Å². The highest BCUT2D eigenvalue weighted by molar-refractivity contribution is 5.65. The van der Waals surface area contributed by atoms with Crippen LogP contribution in [0.15, 0.2) is 27.4 Å². The molecular formula is C16H19F3N4O2. The summed E-state index contributed by atoms with van der Waals surface area (Å²) in [6, 6.07) is 3.68. The van der Waals surface area contributed by atoms with Gasteiger partial charge >= 0.3 is 11.9 Å². The molecule has 4 N–H and O–H groups in total. The van der Waals surface area contributed by atoms with Crippen LogP contribution in [-0.4, -0.2) is 22.8 Å². The zero-order valence-corrected chi connectivity index (χ0v) is 13.4. The molecule has 0 aliphatic heterocycles. The second-order valence-electron chi connectivity index (χ2n) is 6.34. The maximum atomic E-state index is 13.3. The van der Waals surface area contributed by atoms with Crippen molar-refractivity contribution in [2.45, 2.75) is 37.9 Å². The Morgan fingerprint density at radius 1 is 1.28 bits per heavy atom. The van der Waals surface area contributed by atoms with Crippen molar-refractivity contribution in [2.24, 2.45) is 11.7 Å². The molecule has 0 bridgehead atoms. The highest BCUT2D eigenvalue weighted by Crippen LogP contribution is 2.37. The van der Waals surface area contributed by atoms with E-state index in [9.17, 15) is 18.0 Å². The Bertz CT molecular complexity index is 776. The number of H-pyrrole nitrogens is 1. The summed E-state index contributed by atoms with van der Waals surface area (Å²) < 4.78 is 44.6. The number of nitrogens with zero attached hydrogens (tertiary/aromatic N) is 1. The van der Waals surface area contributed by atoms with Crippen molar-refractivity contribution >= 4 is 5.69 Å². The topological polar surface area (TPSA) is 96.9 Å². The summed E-state index contributed by atoms with van der Waals surface area (Å²) in [5.41, 5.74) is 5.34. The number of nitrogens with one attached hydrogen (secondary N) is 2. The second-order valence-corrected chi connectivity index (χ2v) is 6.34. The molecule has 1 aromatic carbocycles. The lowest BCUT2D eigenvalue weighted by Crippen LogP contribution is -2.29. The predicted octanol–water partition coefficient (Wildman–Crippen LogP) is 2.98. The number of anilines is 1. The first-order valence-electron chi connectivity index (χ1n) is 8.09. The van der Waals surface area contributed by atoms with Crippen LogP contribution >= 0.6 is 0 Å². The van der Waals surface area contributed by atoms with Gasteiger partial charge in [-0.2, -0.15) is 13.2 Å². The number of alkyl halides is 3. The van der Waals surface area contributed by atoms with E-state index in [1.54, 1.807) is 0 Å². The van der Waals surface area contributed by atoms with Gasteiger partial charge in [-0.3, -0.25) is 0 Å². The van der Waals surface area contributed by atoms with Crippen molar-refractivity contribution in [1.29, 1.82) is 0 Å². The monoisotopic (exact) mass is 356 g/mol. The minimum absolute atomic E-state index is 0.0504. The lowest BCUT2D eigenvalue weighted by molar-refractivity contribution is -0.136. The fourth-order valence-electron chi connectivity index (χ4n) is 3.07. The summed E-state index contributed by atoms with van der Waals surface area (Å²) in [5.74, 6) is -0.527. The summed E-state index contributed by atoms with van der Waals surface area (Å²) >= 11 is 0. The number of hydrogen-bond donors (Lipinski definition) is 3. The van der Waals surface area contributed by atoms with Crippen LogP contribution in [0.25, 0.3) is 11.5 Å². The quantitative estimate of drug-likeness (QED) is 0.782. The lowest BCUT2D eigenvalue weighted by Gasteiger charge is -2.27. The number of rotatable bonds is 4. The van der Waals surface area contributed by atoms with Crippen molar-refractivity contribution in [2.75, 3.05) is 11.9 Å². The van der Waals surface area contributed by atoms with Gasteiger partial charge in [0, 0.05) is 23.8 Å². The van der Waals surface area contributed by atoms with E-state index >= 15 is 0 Å².